The SMILES string of the molecule is CN1CC2CCCC(C1)C2OC(=O)[C@](O)(c1ccccc1)C1CCCC1.O=C(O)CC(O)(CC(=O)O)C(=O)O. The molecule has 11 nitrogen and oxygen atoms in total. The van der Waals surface area contributed by atoms with Crippen molar-refractivity contribution in [2.45, 2.75) is 75.1 Å². The molecule has 2 unspecified atom stereocenters. The van der Waals surface area contributed by atoms with Gasteiger partial charge in [-0.1, -0.05) is 49.6 Å². The number of carbonyl (C=O) groups is 4. The van der Waals surface area contributed by atoms with Crippen molar-refractivity contribution in [1.29, 1.82) is 0 Å². The van der Waals surface area contributed by atoms with E-state index in [2.05, 4.69) is 11.9 Å². The number of fused-ring (bicyclic) bond motifs is 2. The van der Waals surface area contributed by atoms with Crippen LogP contribution in [0.5, 0.6) is 0 Å². The number of aliphatic carboxylic acids is 3. The van der Waals surface area contributed by atoms with Crippen LogP contribution in [0.3, 0.4) is 0 Å². The van der Waals surface area contributed by atoms with Crippen LogP contribution in [0.2, 0.25) is 0 Å². The van der Waals surface area contributed by atoms with Gasteiger partial charge in [0.05, 0.1) is 12.8 Å². The lowest BCUT2D eigenvalue weighted by Crippen LogP contribution is -2.54. The number of carboxylic acid groups (broad SMARTS) is 3. The van der Waals surface area contributed by atoms with Gasteiger partial charge >= 0.3 is 23.9 Å². The molecule has 2 saturated carbocycles. The van der Waals surface area contributed by atoms with Gasteiger partial charge in [0.15, 0.2) is 11.2 Å². The molecule has 1 heterocycles. The van der Waals surface area contributed by atoms with E-state index in [0.717, 1.165) is 51.6 Å². The van der Waals surface area contributed by atoms with Crippen molar-refractivity contribution in [2.24, 2.45) is 17.8 Å². The number of esters is 1. The number of benzene rings is 1. The number of aliphatic hydroxyl groups is 2. The molecule has 2 bridgehead atoms. The van der Waals surface area contributed by atoms with E-state index in [-0.39, 0.29) is 12.0 Å². The summed E-state index contributed by atoms with van der Waals surface area (Å²) in [6.07, 6.45) is 5.06. The fraction of sp³-hybridized carbons (Fsp3) is 0.643. The molecule has 0 aromatic heterocycles. The van der Waals surface area contributed by atoms with Gasteiger partial charge in [0, 0.05) is 30.8 Å². The van der Waals surface area contributed by atoms with E-state index in [1.54, 1.807) is 0 Å². The Labute approximate surface area is 227 Å². The average Bonchev–Trinajstić information content (AvgIpc) is 3.39. The van der Waals surface area contributed by atoms with Crippen LogP contribution < -0.4 is 0 Å². The van der Waals surface area contributed by atoms with E-state index in [9.17, 15) is 24.3 Å². The molecule has 0 spiro atoms. The second-order valence-electron chi connectivity index (χ2n) is 11.1. The van der Waals surface area contributed by atoms with E-state index in [0.29, 0.717) is 17.4 Å². The minimum atomic E-state index is -2.74. The standard InChI is InChI=1S/C22H31NO3.C6H8O7/c1-23-14-16-8-7-9-17(15-23)20(16)26-21(24)22(25,19-12-5-6-13-19)18-10-3-2-4-11-18;7-3(8)1-6(13,5(11)12)2-4(9)10/h2-4,10-11,16-17,19-20,25H,5-9,12-15H2,1H3;13H,1-2H2,(H,7,8)(H,9,10)(H,11,12)/t16?,17?,20?,22-;/m0./s1. The minimum absolute atomic E-state index is 0.0379. The number of ether oxygens (including phenoxy) is 1. The maximum Gasteiger partial charge on any atom is 0.343 e. The molecule has 5 N–H and O–H groups in total. The summed E-state index contributed by atoms with van der Waals surface area (Å²) < 4.78 is 6.12. The minimum Gasteiger partial charge on any atom is -0.481 e. The third kappa shape index (κ3) is 7.34. The van der Waals surface area contributed by atoms with Gasteiger partial charge in [-0.25, -0.2) is 9.59 Å². The van der Waals surface area contributed by atoms with Crippen LogP contribution in [0.4, 0.5) is 0 Å². The fourth-order valence-corrected chi connectivity index (χ4v) is 6.30. The number of hydrogen-bond acceptors (Lipinski definition) is 8. The Kier molecular flexibility index (Phi) is 10.1. The van der Waals surface area contributed by atoms with Crippen LogP contribution >= 0.6 is 0 Å². The van der Waals surface area contributed by atoms with Crippen molar-refractivity contribution in [3.63, 3.8) is 0 Å². The van der Waals surface area contributed by atoms with Crippen LogP contribution in [0.1, 0.15) is 63.4 Å². The summed E-state index contributed by atoms with van der Waals surface area (Å²) in [5.41, 5.74) is -3.55. The van der Waals surface area contributed by atoms with E-state index in [4.69, 9.17) is 25.2 Å². The van der Waals surface area contributed by atoms with Gasteiger partial charge in [-0.3, -0.25) is 9.59 Å². The lowest BCUT2D eigenvalue weighted by Gasteiger charge is -2.46. The number of nitrogens with zero attached hydrogens (tertiary/aromatic N) is 1. The molecular weight excluding hydrogens is 510 g/mol. The molecule has 39 heavy (non-hydrogen) atoms. The van der Waals surface area contributed by atoms with Crippen molar-refractivity contribution >= 4 is 23.9 Å². The Hall–Kier alpha value is -3.02. The highest BCUT2D eigenvalue weighted by atomic mass is 16.6. The molecule has 4 rings (SSSR count). The molecule has 2 aliphatic carbocycles. The molecule has 3 aliphatic rings. The van der Waals surface area contributed by atoms with Gasteiger partial charge in [0.25, 0.3) is 0 Å². The van der Waals surface area contributed by atoms with Gasteiger partial charge in [-0.2, -0.15) is 0 Å². The zero-order chi connectivity index (χ0) is 28.8. The van der Waals surface area contributed by atoms with Crippen molar-refractivity contribution in [2.75, 3.05) is 20.1 Å². The summed E-state index contributed by atoms with van der Waals surface area (Å²) in [4.78, 5) is 46.2. The summed E-state index contributed by atoms with van der Waals surface area (Å²) in [5, 5.41) is 45.4. The third-order valence-corrected chi connectivity index (χ3v) is 8.17. The van der Waals surface area contributed by atoms with Gasteiger partial charge < -0.3 is 35.2 Å². The lowest BCUT2D eigenvalue weighted by atomic mass is 9.75. The molecule has 3 atom stereocenters. The Morgan fingerprint density at radius 2 is 1.36 bits per heavy atom. The van der Waals surface area contributed by atoms with Crippen LogP contribution in [0.15, 0.2) is 30.3 Å². The highest BCUT2D eigenvalue weighted by Crippen LogP contribution is 2.43. The molecule has 216 valence electrons. The van der Waals surface area contributed by atoms with Crippen LogP contribution in [-0.2, 0) is 29.5 Å². The van der Waals surface area contributed by atoms with Crippen molar-refractivity contribution in [3.8, 4) is 0 Å². The monoisotopic (exact) mass is 549 g/mol. The molecule has 0 radical (unpaired) electrons. The first kappa shape index (κ1) is 30.5. The molecule has 1 aliphatic heterocycles. The molecule has 11 heteroatoms. The first-order chi connectivity index (χ1) is 18.4. The Morgan fingerprint density at radius 3 is 1.82 bits per heavy atom. The summed E-state index contributed by atoms with van der Waals surface area (Å²) >= 11 is 0. The lowest BCUT2D eigenvalue weighted by molar-refractivity contribution is -0.191. The fourth-order valence-electron chi connectivity index (χ4n) is 6.30. The first-order valence-corrected chi connectivity index (χ1v) is 13.4. The zero-order valence-electron chi connectivity index (χ0n) is 22.2. The number of piperidine rings is 1. The number of hydrogen-bond donors (Lipinski definition) is 5. The van der Waals surface area contributed by atoms with E-state index in [1.165, 1.54) is 6.42 Å². The Balaban J connectivity index is 0.000000276. The third-order valence-electron chi connectivity index (χ3n) is 8.17. The van der Waals surface area contributed by atoms with Crippen molar-refractivity contribution in [3.05, 3.63) is 35.9 Å². The maximum atomic E-state index is 13.3. The molecule has 3 fully saturated rings. The maximum absolute atomic E-state index is 13.3. The normalized spacial score (nSPS) is 25.1. The van der Waals surface area contributed by atoms with Gasteiger partial charge in [-0.05, 0) is 38.3 Å². The molecule has 1 saturated heterocycles. The highest BCUT2D eigenvalue weighted by Gasteiger charge is 2.50. The van der Waals surface area contributed by atoms with Crippen LogP contribution in [0.25, 0.3) is 0 Å². The van der Waals surface area contributed by atoms with E-state index < -0.39 is 47.9 Å². The Morgan fingerprint density at radius 1 is 0.846 bits per heavy atom. The number of rotatable bonds is 9. The summed E-state index contributed by atoms with van der Waals surface area (Å²) in [5.74, 6) is -4.67. The van der Waals surface area contributed by atoms with Crippen molar-refractivity contribution < 1.29 is 49.4 Å². The summed E-state index contributed by atoms with van der Waals surface area (Å²) in [7, 11) is 2.15. The molecule has 1 aromatic rings. The quantitative estimate of drug-likeness (QED) is 0.284. The molecular formula is C28H39NO10. The number of likely N-dealkylation sites (tertiary alicyclic amines) is 1. The first-order valence-electron chi connectivity index (χ1n) is 13.4. The zero-order valence-corrected chi connectivity index (χ0v) is 22.2. The van der Waals surface area contributed by atoms with Gasteiger partial charge in [-0.15, -0.1) is 0 Å². The van der Waals surface area contributed by atoms with E-state index >= 15 is 0 Å². The van der Waals surface area contributed by atoms with Crippen LogP contribution in [0, 0.1) is 17.8 Å². The van der Waals surface area contributed by atoms with Gasteiger partial charge in [0.2, 0.25) is 0 Å². The number of carbonyl (C=O) groups excluding carboxylic acids is 1. The summed E-state index contributed by atoms with van der Waals surface area (Å²) in [6, 6.07) is 9.45. The largest absolute Gasteiger partial charge is 0.481 e. The highest BCUT2D eigenvalue weighted by molar-refractivity contribution is 5.88. The van der Waals surface area contributed by atoms with Crippen LogP contribution in [-0.4, -0.2) is 86.2 Å². The topological polar surface area (TPSA) is 182 Å². The average molecular weight is 550 g/mol. The number of carboxylic acids is 3. The smallest absolute Gasteiger partial charge is 0.343 e. The Bertz CT molecular complexity index is 994. The van der Waals surface area contributed by atoms with E-state index in [1.807, 2.05) is 30.3 Å². The second kappa shape index (κ2) is 12.9. The summed E-state index contributed by atoms with van der Waals surface area (Å²) in [6.45, 7) is 1.98. The van der Waals surface area contributed by atoms with Gasteiger partial charge in [0.1, 0.15) is 6.10 Å². The second-order valence-corrected chi connectivity index (χ2v) is 11.1. The molecule has 0 amide bonds. The predicted molar refractivity (Wildman–Crippen MR) is 138 cm³/mol. The predicted octanol–water partition coefficient (Wildman–Crippen LogP) is 2.09. The molecule has 1 aromatic carbocycles. The van der Waals surface area contributed by atoms with Crippen molar-refractivity contribution in [1.82, 2.24) is 4.90 Å².